The van der Waals surface area contributed by atoms with E-state index >= 15 is 0 Å². The molecule has 1 aromatic heterocycles. The summed E-state index contributed by atoms with van der Waals surface area (Å²) >= 11 is 0. The summed E-state index contributed by atoms with van der Waals surface area (Å²) in [5, 5.41) is 2.77. The Morgan fingerprint density at radius 2 is 2.33 bits per heavy atom. The zero-order chi connectivity index (χ0) is 11.1. The van der Waals surface area contributed by atoms with E-state index in [0.29, 0.717) is 17.8 Å². The van der Waals surface area contributed by atoms with Crippen LogP contribution < -0.4 is 11.1 Å². The number of anilines is 2. The maximum absolute atomic E-state index is 11.5. The molecule has 0 radical (unpaired) electrons. The molecular formula is C11H17N3O. The van der Waals surface area contributed by atoms with Gasteiger partial charge in [0.15, 0.2) is 0 Å². The zero-order valence-corrected chi connectivity index (χ0v) is 8.99. The Kier molecular flexibility index (Phi) is 4.60. The van der Waals surface area contributed by atoms with E-state index in [1.54, 1.807) is 12.3 Å². The summed E-state index contributed by atoms with van der Waals surface area (Å²) in [6.07, 6.45) is 6.81. The summed E-state index contributed by atoms with van der Waals surface area (Å²) in [5.41, 5.74) is 6.79. The number of amides is 1. The van der Waals surface area contributed by atoms with Crippen molar-refractivity contribution < 1.29 is 4.79 Å². The highest BCUT2D eigenvalue weighted by atomic mass is 16.1. The highest BCUT2D eigenvalue weighted by molar-refractivity contribution is 5.93. The SMILES string of the molecule is CCCCCC(=O)Nc1ccncc1N. The van der Waals surface area contributed by atoms with E-state index in [9.17, 15) is 4.79 Å². The molecule has 0 saturated heterocycles. The second kappa shape index (κ2) is 6.01. The van der Waals surface area contributed by atoms with Crippen molar-refractivity contribution in [3.8, 4) is 0 Å². The highest BCUT2D eigenvalue weighted by Crippen LogP contribution is 2.15. The van der Waals surface area contributed by atoms with E-state index in [4.69, 9.17) is 5.73 Å². The third-order valence-corrected chi connectivity index (χ3v) is 2.13. The molecule has 82 valence electrons. The highest BCUT2D eigenvalue weighted by Gasteiger charge is 2.03. The van der Waals surface area contributed by atoms with Gasteiger partial charge in [-0.05, 0) is 12.5 Å². The molecule has 0 spiro atoms. The predicted molar refractivity (Wildman–Crippen MR) is 61.4 cm³/mol. The van der Waals surface area contributed by atoms with Gasteiger partial charge in [-0.25, -0.2) is 0 Å². The number of hydrogen-bond donors (Lipinski definition) is 2. The van der Waals surface area contributed by atoms with Crippen LogP contribution in [-0.2, 0) is 4.79 Å². The monoisotopic (exact) mass is 207 g/mol. The minimum atomic E-state index is 0.0151. The summed E-state index contributed by atoms with van der Waals surface area (Å²) in [7, 11) is 0. The second-order valence-corrected chi connectivity index (χ2v) is 3.47. The molecule has 1 heterocycles. The molecule has 0 aliphatic carbocycles. The van der Waals surface area contributed by atoms with E-state index in [1.165, 1.54) is 6.20 Å². The molecule has 0 aliphatic heterocycles. The molecule has 0 aliphatic rings. The van der Waals surface area contributed by atoms with E-state index in [0.717, 1.165) is 19.3 Å². The van der Waals surface area contributed by atoms with Gasteiger partial charge in [-0.2, -0.15) is 0 Å². The lowest BCUT2D eigenvalue weighted by Crippen LogP contribution is -2.12. The fraction of sp³-hybridized carbons (Fsp3) is 0.455. The number of pyridine rings is 1. The maximum Gasteiger partial charge on any atom is 0.224 e. The van der Waals surface area contributed by atoms with Crippen LogP contribution in [0.5, 0.6) is 0 Å². The Balaban J connectivity index is 2.41. The van der Waals surface area contributed by atoms with Gasteiger partial charge in [0.1, 0.15) is 0 Å². The number of nitrogen functional groups attached to an aromatic ring is 1. The number of carbonyl (C=O) groups is 1. The lowest BCUT2D eigenvalue weighted by atomic mass is 10.2. The second-order valence-electron chi connectivity index (χ2n) is 3.47. The molecule has 1 rings (SSSR count). The largest absolute Gasteiger partial charge is 0.396 e. The van der Waals surface area contributed by atoms with Crippen LogP contribution in [0.3, 0.4) is 0 Å². The lowest BCUT2D eigenvalue weighted by molar-refractivity contribution is -0.116. The average Bonchev–Trinajstić information content (AvgIpc) is 2.22. The van der Waals surface area contributed by atoms with E-state index in [2.05, 4.69) is 17.2 Å². The molecule has 0 saturated carbocycles. The van der Waals surface area contributed by atoms with Gasteiger partial charge in [0, 0.05) is 12.6 Å². The van der Waals surface area contributed by atoms with E-state index in [-0.39, 0.29) is 5.91 Å². The van der Waals surface area contributed by atoms with Gasteiger partial charge < -0.3 is 11.1 Å². The molecule has 0 unspecified atom stereocenters. The summed E-state index contributed by atoms with van der Waals surface area (Å²) in [5.74, 6) is 0.0151. The van der Waals surface area contributed by atoms with Gasteiger partial charge in [0.25, 0.3) is 0 Å². The van der Waals surface area contributed by atoms with Crippen molar-refractivity contribution in [3.63, 3.8) is 0 Å². The summed E-state index contributed by atoms with van der Waals surface area (Å²) in [6, 6.07) is 1.70. The Hall–Kier alpha value is -1.58. The van der Waals surface area contributed by atoms with Gasteiger partial charge in [0.2, 0.25) is 5.91 Å². The van der Waals surface area contributed by atoms with E-state index < -0.39 is 0 Å². The normalized spacial score (nSPS) is 9.93. The number of nitrogens with one attached hydrogen (secondary N) is 1. The molecule has 0 bridgehead atoms. The fourth-order valence-electron chi connectivity index (χ4n) is 1.27. The molecule has 1 aromatic rings. The fourth-order valence-corrected chi connectivity index (χ4v) is 1.27. The number of hydrogen-bond acceptors (Lipinski definition) is 3. The van der Waals surface area contributed by atoms with Crippen LogP contribution in [0.15, 0.2) is 18.5 Å². The molecule has 3 N–H and O–H groups in total. The topological polar surface area (TPSA) is 68.0 Å². The van der Waals surface area contributed by atoms with Crippen LogP contribution in [0.2, 0.25) is 0 Å². The van der Waals surface area contributed by atoms with Crippen LogP contribution >= 0.6 is 0 Å². The Morgan fingerprint density at radius 3 is 3.00 bits per heavy atom. The first-order valence-electron chi connectivity index (χ1n) is 5.23. The van der Waals surface area contributed by atoms with Crippen molar-refractivity contribution in [1.29, 1.82) is 0 Å². The molecule has 0 fully saturated rings. The van der Waals surface area contributed by atoms with Gasteiger partial charge in [-0.1, -0.05) is 19.8 Å². The van der Waals surface area contributed by atoms with Crippen molar-refractivity contribution >= 4 is 17.3 Å². The third kappa shape index (κ3) is 3.97. The van der Waals surface area contributed by atoms with Crippen molar-refractivity contribution in [2.45, 2.75) is 32.6 Å². The number of aromatic nitrogens is 1. The molecule has 15 heavy (non-hydrogen) atoms. The third-order valence-electron chi connectivity index (χ3n) is 2.13. The molecule has 4 heteroatoms. The van der Waals surface area contributed by atoms with E-state index in [1.807, 2.05) is 0 Å². The summed E-state index contributed by atoms with van der Waals surface area (Å²) in [4.78, 5) is 15.3. The quantitative estimate of drug-likeness (QED) is 0.727. The maximum atomic E-state index is 11.5. The Bertz CT molecular complexity index is 325. The average molecular weight is 207 g/mol. The lowest BCUT2D eigenvalue weighted by Gasteiger charge is -2.06. The number of rotatable bonds is 5. The summed E-state index contributed by atoms with van der Waals surface area (Å²) < 4.78 is 0. The Morgan fingerprint density at radius 1 is 1.53 bits per heavy atom. The number of unbranched alkanes of at least 4 members (excludes halogenated alkanes) is 2. The first-order valence-corrected chi connectivity index (χ1v) is 5.23. The first kappa shape index (κ1) is 11.5. The van der Waals surface area contributed by atoms with Gasteiger partial charge in [0.05, 0.1) is 17.6 Å². The number of nitrogens with two attached hydrogens (primary N) is 1. The van der Waals surface area contributed by atoms with Crippen LogP contribution in [0.25, 0.3) is 0 Å². The Labute approximate surface area is 89.9 Å². The standard InChI is InChI=1S/C11H17N3O/c1-2-3-4-5-11(15)14-10-6-7-13-8-9(10)12/h6-8H,2-5,12H2,1H3,(H,13,14,15). The van der Waals surface area contributed by atoms with Gasteiger partial charge >= 0.3 is 0 Å². The molecular weight excluding hydrogens is 190 g/mol. The van der Waals surface area contributed by atoms with Crippen LogP contribution in [0.1, 0.15) is 32.6 Å². The van der Waals surface area contributed by atoms with Crippen molar-refractivity contribution in [2.24, 2.45) is 0 Å². The summed E-state index contributed by atoms with van der Waals surface area (Å²) in [6.45, 7) is 2.11. The van der Waals surface area contributed by atoms with Gasteiger partial charge in [-0.3, -0.25) is 9.78 Å². The first-order chi connectivity index (χ1) is 7.24. The van der Waals surface area contributed by atoms with Crippen molar-refractivity contribution in [1.82, 2.24) is 4.98 Å². The molecule has 4 nitrogen and oxygen atoms in total. The van der Waals surface area contributed by atoms with Crippen molar-refractivity contribution in [2.75, 3.05) is 11.1 Å². The predicted octanol–water partition coefficient (Wildman–Crippen LogP) is 2.18. The van der Waals surface area contributed by atoms with Crippen LogP contribution in [-0.4, -0.2) is 10.9 Å². The molecule has 1 amide bonds. The minimum absolute atomic E-state index is 0.0151. The minimum Gasteiger partial charge on any atom is -0.396 e. The molecule has 0 aromatic carbocycles. The van der Waals surface area contributed by atoms with Crippen molar-refractivity contribution in [3.05, 3.63) is 18.5 Å². The number of nitrogens with zero attached hydrogens (tertiary/aromatic N) is 1. The van der Waals surface area contributed by atoms with Crippen LogP contribution in [0.4, 0.5) is 11.4 Å². The van der Waals surface area contributed by atoms with Crippen LogP contribution in [0, 0.1) is 0 Å². The number of carbonyl (C=O) groups excluding carboxylic acids is 1. The van der Waals surface area contributed by atoms with Gasteiger partial charge in [-0.15, -0.1) is 0 Å². The smallest absolute Gasteiger partial charge is 0.224 e. The zero-order valence-electron chi connectivity index (χ0n) is 8.99. The molecule has 0 atom stereocenters.